The van der Waals surface area contributed by atoms with Crippen molar-refractivity contribution in [3.8, 4) is 0 Å². The van der Waals surface area contributed by atoms with Crippen molar-refractivity contribution in [1.29, 1.82) is 0 Å². The van der Waals surface area contributed by atoms with Crippen LogP contribution < -0.4 is 10.0 Å². The molecule has 100 valence electrons. The maximum absolute atomic E-state index is 11.5. The SMILES string of the molecule is CNS(=O)(=O)c1ccc(NCC(=O)N(C)C)cc1. The predicted octanol–water partition coefficient (Wildman–Crippen LogP) is 0.0948. The molecule has 0 saturated carbocycles. The van der Waals surface area contributed by atoms with Crippen molar-refractivity contribution < 1.29 is 13.2 Å². The lowest BCUT2D eigenvalue weighted by Gasteiger charge is -2.12. The van der Waals surface area contributed by atoms with E-state index in [0.717, 1.165) is 0 Å². The van der Waals surface area contributed by atoms with E-state index in [4.69, 9.17) is 0 Å². The number of rotatable bonds is 5. The minimum atomic E-state index is -3.41. The van der Waals surface area contributed by atoms with Gasteiger partial charge in [0, 0.05) is 19.8 Å². The van der Waals surface area contributed by atoms with Crippen molar-refractivity contribution in [2.24, 2.45) is 0 Å². The molecule has 0 aliphatic heterocycles. The maximum Gasteiger partial charge on any atom is 0.241 e. The minimum Gasteiger partial charge on any atom is -0.376 e. The van der Waals surface area contributed by atoms with E-state index in [0.29, 0.717) is 5.69 Å². The van der Waals surface area contributed by atoms with Crippen molar-refractivity contribution in [3.05, 3.63) is 24.3 Å². The lowest BCUT2D eigenvalue weighted by Crippen LogP contribution is -2.28. The van der Waals surface area contributed by atoms with Crippen LogP contribution in [0.2, 0.25) is 0 Å². The van der Waals surface area contributed by atoms with Gasteiger partial charge in [-0.3, -0.25) is 4.79 Å². The molecule has 0 aliphatic carbocycles. The second kappa shape index (κ2) is 5.83. The van der Waals surface area contributed by atoms with Crippen LogP contribution in [-0.4, -0.2) is 46.9 Å². The van der Waals surface area contributed by atoms with Crippen LogP contribution in [0.3, 0.4) is 0 Å². The Bertz CT molecular complexity index is 509. The lowest BCUT2D eigenvalue weighted by atomic mass is 10.3. The second-order valence-corrected chi connectivity index (χ2v) is 5.76. The Morgan fingerprint density at radius 1 is 1.22 bits per heavy atom. The number of nitrogens with zero attached hydrogens (tertiary/aromatic N) is 1. The van der Waals surface area contributed by atoms with Gasteiger partial charge in [0.2, 0.25) is 15.9 Å². The molecule has 0 aliphatic rings. The number of anilines is 1. The van der Waals surface area contributed by atoms with Gasteiger partial charge >= 0.3 is 0 Å². The minimum absolute atomic E-state index is 0.0538. The Hall–Kier alpha value is -1.60. The van der Waals surface area contributed by atoms with Crippen molar-refractivity contribution in [2.45, 2.75) is 4.90 Å². The van der Waals surface area contributed by atoms with Crippen molar-refractivity contribution in [3.63, 3.8) is 0 Å². The molecule has 1 amide bonds. The molecule has 1 aromatic carbocycles. The third-order valence-corrected chi connectivity index (χ3v) is 3.81. The third-order valence-electron chi connectivity index (χ3n) is 2.38. The van der Waals surface area contributed by atoms with Crippen LogP contribution >= 0.6 is 0 Å². The van der Waals surface area contributed by atoms with Gasteiger partial charge in [0.25, 0.3) is 0 Å². The fourth-order valence-corrected chi connectivity index (χ4v) is 1.94. The van der Waals surface area contributed by atoms with Gasteiger partial charge in [-0.2, -0.15) is 0 Å². The van der Waals surface area contributed by atoms with Gasteiger partial charge in [-0.05, 0) is 31.3 Å². The molecular weight excluding hydrogens is 254 g/mol. The molecule has 0 bridgehead atoms. The Kier molecular flexibility index (Phi) is 4.69. The summed E-state index contributed by atoms with van der Waals surface area (Å²) in [6, 6.07) is 6.20. The number of likely N-dealkylation sites (N-methyl/N-ethyl adjacent to an activating group) is 1. The van der Waals surface area contributed by atoms with Gasteiger partial charge < -0.3 is 10.2 Å². The summed E-state index contributed by atoms with van der Waals surface area (Å²) < 4.78 is 25.2. The highest BCUT2D eigenvalue weighted by atomic mass is 32.2. The summed E-state index contributed by atoms with van der Waals surface area (Å²) in [7, 11) is 1.29. The van der Waals surface area contributed by atoms with E-state index in [1.165, 1.54) is 24.1 Å². The highest BCUT2D eigenvalue weighted by Crippen LogP contribution is 2.13. The molecule has 0 aromatic heterocycles. The fourth-order valence-electron chi connectivity index (χ4n) is 1.21. The number of amides is 1. The highest BCUT2D eigenvalue weighted by molar-refractivity contribution is 7.89. The van der Waals surface area contributed by atoms with Crippen molar-refractivity contribution in [2.75, 3.05) is 33.0 Å². The van der Waals surface area contributed by atoms with Crippen LogP contribution in [0.15, 0.2) is 29.2 Å². The molecule has 18 heavy (non-hydrogen) atoms. The molecule has 1 aromatic rings. The quantitative estimate of drug-likeness (QED) is 0.796. The second-order valence-electron chi connectivity index (χ2n) is 3.87. The molecule has 0 saturated heterocycles. The number of carbonyl (C=O) groups excluding carboxylic acids is 1. The molecule has 0 heterocycles. The largest absolute Gasteiger partial charge is 0.376 e. The lowest BCUT2D eigenvalue weighted by molar-refractivity contribution is -0.126. The zero-order chi connectivity index (χ0) is 13.8. The predicted molar refractivity (Wildman–Crippen MR) is 69.9 cm³/mol. The first-order chi connectivity index (χ1) is 8.36. The topological polar surface area (TPSA) is 78.5 Å². The highest BCUT2D eigenvalue weighted by Gasteiger charge is 2.10. The smallest absolute Gasteiger partial charge is 0.241 e. The molecular formula is C11H17N3O3S. The number of sulfonamides is 1. The Balaban J connectivity index is 2.70. The first-order valence-corrected chi connectivity index (χ1v) is 6.83. The number of hydrogen-bond donors (Lipinski definition) is 2. The van der Waals surface area contributed by atoms with Gasteiger partial charge in [-0.15, -0.1) is 0 Å². The van der Waals surface area contributed by atoms with Crippen LogP contribution in [0.1, 0.15) is 0 Å². The van der Waals surface area contributed by atoms with E-state index in [1.807, 2.05) is 0 Å². The van der Waals surface area contributed by atoms with Gasteiger partial charge in [0.1, 0.15) is 0 Å². The van der Waals surface area contributed by atoms with Crippen LogP contribution in [0.4, 0.5) is 5.69 Å². The summed E-state index contributed by atoms with van der Waals surface area (Å²) in [4.78, 5) is 13.0. The van der Waals surface area contributed by atoms with Gasteiger partial charge in [-0.25, -0.2) is 13.1 Å². The first-order valence-electron chi connectivity index (χ1n) is 5.34. The van der Waals surface area contributed by atoms with Crippen LogP contribution in [-0.2, 0) is 14.8 Å². The van der Waals surface area contributed by atoms with Gasteiger partial charge in [0.05, 0.1) is 11.4 Å². The summed E-state index contributed by atoms with van der Waals surface area (Å²) in [5.41, 5.74) is 0.695. The fraction of sp³-hybridized carbons (Fsp3) is 0.364. The van der Waals surface area contributed by atoms with Crippen LogP contribution in [0, 0.1) is 0 Å². The average Bonchev–Trinajstić information content (AvgIpc) is 2.36. The Morgan fingerprint density at radius 3 is 2.22 bits per heavy atom. The molecule has 0 unspecified atom stereocenters. The molecule has 0 fully saturated rings. The van der Waals surface area contributed by atoms with Crippen LogP contribution in [0.25, 0.3) is 0 Å². The standard InChI is InChI=1S/C11H17N3O3S/c1-12-18(16,17)10-6-4-9(5-7-10)13-8-11(15)14(2)3/h4-7,12-13H,8H2,1-3H3. The molecule has 6 nitrogen and oxygen atoms in total. The van der Waals surface area contributed by atoms with E-state index >= 15 is 0 Å². The molecule has 7 heteroatoms. The van der Waals surface area contributed by atoms with E-state index in [1.54, 1.807) is 26.2 Å². The number of nitrogens with one attached hydrogen (secondary N) is 2. The zero-order valence-corrected chi connectivity index (χ0v) is 11.4. The molecule has 1 rings (SSSR count). The normalized spacial score (nSPS) is 11.1. The molecule has 2 N–H and O–H groups in total. The molecule has 0 radical (unpaired) electrons. The first kappa shape index (κ1) is 14.5. The van der Waals surface area contributed by atoms with Crippen LogP contribution in [0.5, 0.6) is 0 Å². The Morgan fingerprint density at radius 2 is 1.78 bits per heavy atom. The van der Waals surface area contributed by atoms with E-state index < -0.39 is 10.0 Å². The van der Waals surface area contributed by atoms with Crippen molar-refractivity contribution in [1.82, 2.24) is 9.62 Å². The summed E-state index contributed by atoms with van der Waals surface area (Å²) >= 11 is 0. The Labute approximate surface area is 107 Å². The van der Waals surface area contributed by atoms with Gasteiger partial charge in [0.15, 0.2) is 0 Å². The third kappa shape index (κ3) is 3.71. The number of hydrogen-bond acceptors (Lipinski definition) is 4. The molecule has 0 spiro atoms. The maximum atomic E-state index is 11.5. The zero-order valence-electron chi connectivity index (χ0n) is 10.6. The van der Waals surface area contributed by atoms with E-state index in [2.05, 4.69) is 10.0 Å². The van der Waals surface area contributed by atoms with E-state index in [9.17, 15) is 13.2 Å². The summed E-state index contributed by atoms with van der Waals surface area (Å²) in [5, 5.41) is 2.92. The number of carbonyl (C=O) groups is 1. The van der Waals surface area contributed by atoms with Crippen molar-refractivity contribution >= 4 is 21.6 Å². The van der Waals surface area contributed by atoms with Gasteiger partial charge in [-0.1, -0.05) is 0 Å². The molecule has 0 atom stereocenters. The summed E-state index contributed by atoms with van der Waals surface area (Å²) in [5.74, 6) is -0.0538. The summed E-state index contributed by atoms with van der Waals surface area (Å²) in [6.45, 7) is 0.172. The van der Waals surface area contributed by atoms with E-state index in [-0.39, 0.29) is 17.3 Å². The monoisotopic (exact) mass is 271 g/mol. The number of benzene rings is 1. The average molecular weight is 271 g/mol. The summed E-state index contributed by atoms with van der Waals surface area (Å²) in [6.07, 6.45) is 0.